The Kier molecular flexibility index (Phi) is 6.42. The number of carbonyl (C=O) groups is 1. The molecule has 0 amide bonds. The standard InChI is InChI=1S/C22H24ClN3OS2/c1-14-6-5-8-16(12-14)21-24-25-22(26(21)17-9-4-3-7-15(17)2)28-13-18(27)19-10-11-20(23)29-19/h5-6,8,10-12,15,17H,3-4,7,9,13H2,1-2H3/t15-,17+/m0/s1. The number of aryl methyl sites for hydroxylation is 1. The topological polar surface area (TPSA) is 47.8 Å². The lowest BCUT2D eigenvalue weighted by Crippen LogP contribution is -2.22. The van der Waals surface area contributed by atoms with E-state index in [2.05, 4.69) is 52.9 Å². The fourth-order valence-corrected chi connectivity index (χ4v) is 5.95. The summed E-state index contributed by atoms with van der Waals surface area (Å²) in [4.78, 5) is 13.3. The first kappa shape index (κ1) is 20.6. The molecule has 0 saturated heterocycles. The highest BCUT2D eigenvalue weighted by Crippen LogP contribution is 2.39. The molecule has 0 unspecified atom stereocenters. The highest BCUT2D eigenvalue weighted by Gasteiger charge is 2.29. The number of benzene rings is 1. The van der Waals surface area contributed by atoms with Gasteiger partial charge in [-0.3, -0.25) is 9.36 Å². The maximum atomic E-state index is 12.6. The van der Waals surface area contributed by atoms with Crippen LogP contribution in [-0.2, 0) is 0 Å². The van der Waals surface area contributed by atoms with Gasteiger partial charge in [-0.05, 0) is 43.9 Å². The van der Waals surface area contributed by atoms with Crippen molar-refractivity contribution in [1.82, 2.24) is 14.8 Å². The third kappa shape index (κ3) is 4.60. The first-order chi connectivity index (χ1) is 14.0. The molecular weight excluding hydrogens is 422 g/mol. The summed E-state index contributed by atoms with van der Waals surface area (Å²) in [7, 11) is 0. The van der Waals surface area contributed by atoms with E-state index < -0.39 is 0 Å². The second-order valence-electron chi connectivity index (χ2n) is 7.69. The van der Waals surface area contributed by atoms with Gasteiger partial charge in [0.05, 0.1) is 15.0 Å². The molecule has 0 N–H and O–H groups in total. The van der Waals surface area contributed by atoms with Gasteiger partial charge in [-0.15, -0.1) is 21.5 Å². The zero-order valence-corrected chi connectivity index (χ0v) is 19.0. The predicted octanol–water partition coefficient (Wildman–Crippen LogP) is 6.69. The van der Waals surface area contributed by atoms with Crippen molar-refractivity contribution in [3.63, 3.8) is 0 Å². The van der Waals surface area contributed by atoms with Crippen LogP contribution in [0.4, 0.5) is 0 Å². The Morgan fingerprint density at radius 3 is 2.79 bits per heavy atom. The Hall–Kier alpha value is -1.63. The van der Waals surface area contributed by atoms with Crippen molar-refractivity contribution in [3.8, 4) is 11.4 Å². The molecule has 0 aliphatic heterocycles. The molecule has 3 aromatic rings. The van der Waals surface area contributed by atoms with Gasteiger partial charge in [0.2, 0.25) is 0 Å². The summed E-state index contributed by atoms with van der Waals surface area (Å²) >= 11 is 8.79. The van der Waals surface area contributed by atoms with E-state index in [-0.39, 0.29) is 5.78 Å². The summed E-state index contributed by atoms with van der Waals surface area (Å²) in [5.41, 5.74) is 2.28. The second-order valence-corrected chi connectivity index (χ2v) is 10.3. The van der Waals surface area contributed by atoms with E-state index in [1.54, 1.807) is 12.1 Å². The molecule has 152 valence electrons. The van der Waals surface area contributed by atoms with Gasteiger partial charge in [0.25, 0.3) is 0 Å². The van der Waals surface area contributed by atoms with Crippen LogP contribution in [0.1, 0.15) is 53.9 Å². The number of nitrogens with zero attached hydrogens (tertiary/aromatic N) is 3. The summed E-state index contributed by atoms with van der Waals surface area (Å²) in [5.74, 6) is 1.88. The zero-order valence-electron chi connectivity index (χ0n) is 16.6. The average Bonchev–Trinajstić information content (AvgIpc) is 3.33. The molecular formula is C22H24ClN3OS2. The van der Waals surface area contributed by atoms with Gasteiger partial charge in [0, 0.05) is 11.6 Å². The maximum Gasteiger partial charge on any atom is 0.192 e. The van der Waals surface area contributed by atoms with Gasteiger partial charge in [0.1, 0.15) is 0 Å². The normalized spacial score (nSPS) is 19.4. The summed E-state index contributed by atoms with van der Waals surface area (Å²) in [6.45, 7) is 4.41. The largest absolute Gasteiger partial charge is 0.299 e. The number of Topliss-reactive ketones (excluding diaryl/α,β-unsaturated/α-hetero) is 1. The van der Waals surface area contributed by atoms with Crippen molar-refractivity contribution < 1.29 is 4.79 Å². The maximum absolute atomic E-state index is 12.6. The van der Waals surface area contributed by atoms with Gasteiger partial charge < -0.3 is 0 Å². The Morgan fingerprint density at radius 2 is 2.07 bits per heavy atom. The molecule has 7 heteroatoms. The van der Waals surface area contributed by atoms with Crippen molar-refractivity contribution >= 4 is 40.5 Å². The van der Waals surface area contributed by atoms with Crippen LogP contribution in [0, 0.1) is 12.8 Å². The van der Waals surface area contributed by atoms with Crippen LogP contribution >= 0.6 is 34.7 Å². The van der Waals surface area contributed by atoms with Crippen LogP contribution in [0.5, 0.6) is 0 Å². The number of rotatable bonds is 6. The first-order valence-corrected chi connectivity index (χ1v) is 12.1. The second kappa shape index (κ2) is 9.02. The van der Waals surface area contributed by atoms with Crippen molar-refractivity contribution in [1.29, 1.82) is 0 Å². The molecule has 0 spiro atoms. The van der Waals surface area contributed by atoms with Crippen LogP contribution in [-0.4, -0.2) is 26.3 Å². The SMILES string of the molecule is Cc1cccc(-c2nnc(SCC(=O)c3ccc(Cl)s3)n2[C@@H]2CCCC[C@@H]2C)c1. The van der Waals surface area contributed by atoms with Crippen LogP contribution in [0.25, 0.3) is 11.4 Å². The van der Waals surface area contributed by atoms with E-state index >= 15 is 0 Å². The third-order valence-corrected chi connectivity index (χ3v) is 7.73. The number of aromatic nitrogens is 3. The minimum atomic E-state index is 0.0789. The van der Waals surface area contributed by atoms with Crippen LogP contribution in [0.3, 0.4) is 0 Å². The lowest BCUT2D eigenvalue weighted by atomic mass is 9.85. The van der Waals surface area contributed by atoms with Crippen molar-refractivity contribution in [3.05, 3.63) is 51.2 Å². The molecule has 1 aliphatic rings. The molecule has 2 atom stereocenters. The van der Waals surface area contributed by atoms with Crippen molar-refractivity contribution in [2.45, 2.75) is 50.7 Å². The number of carbonyl (C=O) groups excluding carboxylic acids is 1. The molecule has 1 aliphatic carbocycles. The van der Waals surface area contributed by atoms with Gasteiger partial charge in [0.15, 0.2) is 16.8 Å². The van der Waals surface area contributed by atoms with Gasteiger partial charge in [-0.2, -0.15) is 0 Å². The highest BCUT2D eigenvalue weighted by molar-refractivity contribution is 7.99. The molecule has 0 radical (unpaired) electrons. The number of halogens is 1. The zero-order chi connectivity index (χ0) is 20.4. The number of thiophene rings is 1. The Morgan fingerprint density at radius 1 is 1.24 bits per heavy atom. The molecule has 4 nitrogen and oxygen atoms in total. The van der Waals surface area contributed by atoms with Gasteiger partial charge in [-0.1, -0.05) is 66.9 Å². The van der Waals surface area contributed by atoms with Crippen LogP contribution in [0.15, 0.2) is 41.6 Å². The van der Waals surface area contributed by atoms with E-state index in [9.17, 15) is 4.79 Å². The van der Waals surface area contributed by atoms with E-state index in [1.807, 2.05) is 0 Å². The number of hydrogen-bond donors (Lipinski definition) is 0. The molecule has 1 saturated carbocycles. The summed E-state index contributed by atoms with van der Waals surface area (Å²) in [6, 6.07) is 12.3. The Labute approximate surface area is 184 Å². The Bertz CT molecular complexity index is 1010. The molecule has 2 aromatic heterocycles. The molecule has 1 fully saturated rings. The lowest BCUT2D eigenvalue weighted by Gasteiger charge is -2.31. The minimum absolute atomic E-state index is 0.0789. The highest BCUT2D eigenvalue weighted by atomic mass is 35.5. The fourth-order valence-electron chi connectivity index (χ4n) is 4.00. The molecule has 29 heavy (non-hydrogen) atoms. The summed E-state index contributed by atoms with van der Waals surface area (Å²) in [6.07, 6.45) is 4.84. The smallest absolute Gasteiger partial charge is 0.192 e. The number of hydrogen-bond acceptors (Lipinski definition) is 5. The molecule has 2 heterocycles. The molecule has 1 aromatic carbocycles. The van der Waals surface area contributed by atoms with E-state index in [0.29, 0.717) is 26.9 Å². The third-order valence-electron chi connectivity index (χ3n) is 5.52. The van der Waals surface area contributed by atoms with E-state index in [4.69, 9.17) is 11.6 Å². The van der Waals surface area contributed by atoms with Crippen LogP contribution in [0.2, 0.25) is 4.34 Å². The fraction of sp³-hybridized carbons (Fsp3) is 0.409. The van der Waals surface area contributed by atoms with Crippen molar-refractivity contribution in [2.75, 3.05) is 5.75 Å². The van der Waals surface area contributed by atoms with Gasteiger partial charge >= 0.3 is 0 Å². The van der Waals surface area contributed by atoms with E-state index in [0.717, 1.165) is 23.0 Å². The predicted molar refractivity (Wildman–Crippen MR) is 121 cm³/mol. The summed E-state index contributed by atoms with van der Waals surface area (Å²) in [5, 5.41) is 9.89. The van der Waals surface area contributed by atoms with Gasteiger partial charge in [-0.25, -0.2) is 0 Å². The average molecular weight is 446 g/mol. The minimum Gasteiger partial charge on any atom is -0.299 e. The number of thioether (sulfide) groups is 1. The monoisotopic (exact) mass is 445 g/mol. The quantitative estimate of drug-likeness (QED) is 0.313. The molecule has 0 bridgehead atoms. The number of ketones is 1. The van der Waals surface area contributed by atoms with Crippen molar-refractivity contribution in [2.24, 2.45) is 5.92 Å². The Balaban J connectivity index is 1.65. The summed E-state index contributed by atoms with van der Waals surface area (Å²) < 4.78 is 2.93. The molecule has 4 rings (SSSR count). The first-order valence-electron chi connectivity index (χ1n) is 9.96. The van der Waals surface area contributed by atoms with Crippen LogP contribution < -0.4 is 0 Å². The lowest BCUT2D eigenvalue weighted by molar-refractivity contribution is 0.102. The van der Waals surface area contributed by atoms with E-state index in [1.165, 1.54) is 47.9 Å².